The van der Waals surface area contributed by atoms with Crippen LogP contribution in [-0.2, 0) is 0 Å². The minimum atomic E-state index is -0.733. The van der Waals surface area contributed by atoms with Crippen LogP contribution in [0.25, 0.3) is 0 Å². The molecule has 3 rings (SSSR count). The molecule has 1 fully saturated rings. The summed E-state index contributed by atoms with van der Waals surface area (Å²) in [6.07, 6.45) is 4.81. The highest BCUT2D eigenvalue weighted by Crippen LogP contribution is 2.22. The number of aliphatic hydroxyl groups excluding tert-OH is 1. The molecule has 0 bridgehead atoms. The van der Waals surface area contributed by atoms with Crippen molar-refractivity contribution >= 4 is 11.7 Å². The van der Waals surface area contributed by atoms with E-state index in [1.54, 1.807) is 6.20 Å². The minimum Gasteiger partial charge on any atom is -0.389 e. The van der Waals surface area contributed by atoms with Crippen LogP contribution < -0.4 is 5.32 Å². The van der Waals surface area contributed by atoms with E-state index in [4.69, 9.17) is 0 Å². The molecule has 0 aromatic carbocycles. The van der Waals surface area contributed by atoms with Crippen molar-refractivity contribution in [3.63, 3.8) is 0 Å². The molecule has 3 heterocycles. The maximum Gasteiger partial charge on any atom is 0.322 e. The summed E-state index contributed by atoms with van der Waals surface area (Å²) < 4.78 is 14.5. The van der Waals surface area contributed by atoms with Gasteiger partial charge in [-0.05, 0) is 0 Å². The molecule has 2 aromatic rings. The van der Waals surface area contributed by atoms with E-state index in [1.165, 1.54) is 28.0 Å². The smallest absolute Gasteiger partial charge is 0.322 e. The van der Waals surface area contributed by atoms with Gasteiger partial charge in [-0.15, -0.1) is 5.10 Å². The van der Waals surface area contributed by atoms with Gasteiger partial charge in [-0.1, -0.05) is 5.21 Å². The number of amides is 2. The molecule has 110 valence electrons. The predicted molar refractivity (Wildman–Crippen MR) is 69.9 cm³/mol. The molecule has 0 spiro atoms. The maximum absolute atomic E-state index is 13.0. The van der Waals surface area contributed by atoms with Crippen LogP contribution in [-0.4, -0.2) is 55.2 Å². The second-order valence-corrected chi connectivity index (χ2v) is 4.74. The first kappa shape index (κ1) is 13.4. The number of rotatable bonds is 2. The van der Waals surface area contributed by atoms with Gasteiger partial charge in [0.1, 0.15) is 5.82 Å². The number of urea groups is 1. The standard InChI is InChI=1S/C12H13FN6O2/c13-8-3-9(5-14-4-8)16-12(21)18-6-10(11(20)7-18)19-2-1-15-17-19/h1-5,10-11,20H,6-7H2,(H,16,21)/t10-,11-/m1/s1. The Morgan fingerprint density at radius 2 is 2.29 bits per heavy atom. The van der Waals surface area contributed by atoms with Gasteiger partial charge in [0.05, 0.1) is 43.0 Å². The summed E-state index contributed by atoms with van der Waals surface area (Å²) in [5.74, 6) is -0.533. The number of halogens is 1. The summed E-state index contributed by atoms with van der Waals surface area (Å²) in [5.41, 5.74) is 0.263. The molecule has 2 N–H and O–H groups in total. The van der Waals surface area contributed by atoms with Gasteiger partial charge in [-0.25, -0.2) is 13.9 Å². The Kier molecular flexibility index (Phi) is 3.48. The third-order valence-electron chi connectivity index (χ3n) is 3.28. The number of β-amino-alcohol motifs (C(OH)–C–C–N with tert-alkyl or cyclic N) is 1. The largest absolute Gasteiger partial charge is 0.389 e. The highest BCUT2D eigenvalue weighted by molar-refractivity contribution is 5.89. The van der Waals surface area contributed by atoms with Gasteiger partial charge in [0.15, 0.2) is 0 Å². The molecule has 21 heavy (non-hydrogen) atoms. The topological polar surface area (TPSA) is 96.2 Å². The van der Waals surface area contributed by atoms with Crippen molar-refractivity contribution in [1.82, 2.24) is 24.9 Å². The van der Waals surface area contributed by atoms with Crippen LogP contribution in [0.5, 0.6) is 0 Å². The first-order chi connectivity index (χ1) is 10.1. The molecule has 2 aromatic heterocycles. The molecule has 0 aliphatic carbocycles. The summed E-state index contributed by atoms with van der Waals surface area (Å²) in [6, 6.07) is 0.403. The highest BCUT2D eigenvalue weighted by atomic mass is 19.1. The number of carbonyl (C=O) groups excluding carboxylic acids is 1. The van der Waals surface area contributed by atoms with Crippen molar-refractivity contribution in [1.29, 1.82) is 0 Å². The Bertz CT molecular complexity index is 634. The number of carbonyl (C=O) groups is 1. The molecule has 2 amide bonds. The Morgan fingerprint density at radius 1 is 1.43 bits per heavy atom. The van der Waals surface area contributed by atoms with Crippen molar-refractivity contribution in [3.05, 3.63) is 36.7 Å². The fourth-order valence-corrected chi connectivity index (χ4v) is 2.27. The Hall–Kier alpha value is -2.55. The molecule has 1 aliphatic rings. The Balaban J connectivity index is 1.66. The molecular weight excluding hydrogens is 279 g/mol. The predicted octanol–water partition coefficient (Wildman–Crippen LogP) is 0.262. The van der Waals surface area contributed by atoms with E-state index >= 15 is 0 Å². The molecule has 2 atom stereocenters. The normalized spacial score (nSPS) is 21.5. The zero-order chi connectivity index (χ0) is 14.8. The molecule has 0 saturated carbocycles. The van der Waals surface area contributed by atoms with Gasteiger partial charge in [-0.2, -0.15) is 0 Å². The van der Waals surface area contributed by atoms with Crippen LogP contribution in [0.4, 0.5) is 14.9 Å². The van der Waals surface area contributed by atoms with Crippen molar-refractivity contribution in [2.45, 2.75) is 12.1 Å². The number of hydrogen-bond acceptors (Lipinski definition) is 5. The number of hydrogen-bond donors (Lipinski definition) is 2. The monoisotopic (exact) mass is 292 g/mol. The molecule has 1 saturated heterocycles. The molecular formula is C12H13FN6O2. The Morgan fingerprint density at radius 3 is 3.00 bits per heavy atom. The molecule has 1 aliphatic heterocycles. The van der Waals surface area contributed by atoms with E-state index in [-0.39, 0.29) is 18.3 Å². The van der Waals surface area contributed by atoms with Gasteiger partial charge in [-0.3, -0.25) is 4.98 Å². The van der Waals surface area contributed by atoms with Crippen molar-refractivity contribution in [2.24, 2.45) is 0 Å². The van der Waals surface area contributed by atoms with Crippen LogP contribution in [0.15, 0.2) is 30.9 Å². The van der Waals surface area contributed by atoms with Gasteiger partial charge < -0.3 is 15.3 Å². The molecule has 9 heteroatoms. The van der Waals surface area contributed by atoms with E-state index < -0.39 is 18.0 Å². The van der Waals surface area contributed by atoms with Crippen molar-refractivity contribution in [3.8, 4) is 0 Å². The number of nitrogens with one attached hydrogen (secondary N) is 1. The number of likely N-dealkylation sites (tertiary alicyclic amines) is 1. The lowest BCUT2D eigenvalue weighted by atomic mass is 10.2. The number of nitrogens with zero attached hydrogens (tertiary/aromatic N) is 5. The van der Waals surface area contributed by atoms with Crippen LogP contribution in [0.3, 0.4) is 0 Å². The van der Waals surface area contributed by atoms with Crippen LogP contribution in [0, 0.1) is 5.82 Å². The number of anilines is 1. The molecule has 8 nitrogen and oxygen atoms in total. The number of pyridine rings is 1. The lowest BCUT2D eigenvalue weighted by Gasteiger charge is -2.16. The molecule has 0 unspecified atom stereocenters. The summed E-state index contributed by atoms with van der Waals surface area (Å²) in [5, 5.41) is 20.1. The lowest BCUT2D eigenvalue weighted by molar-refractivity contribution is 0.139. The zero-order valence-electron chi connectivity index (χ0n) is 10.9. The quantitative estimate of drug-likeness (QED) is 0.828. The van der Waals surface area contributed by atoms with E-state index in [0.717, 1.165) is 6.20 Å². The van der Waals surface area contributed by atoms with E-state index in [0.29, 0.717) is 6.54 Å². The molecule has 0 radical (unpaired) electrons. The summed E-state index contributed by atoms with van der Waals surface area (Å²) in [6.45, 7) is 0.457. The number of aromatic nitrogens is 4. The van der Waals surface area contributed by atoms with Crippen molar-refractivity contribution < 1.29 is 14.3 Å². The van der Waals surface area contributed by atoms with E-state index in [2.05, 4.69) is 20.6 Å². The zero-order valence-corrected chi connectivity index (χ0v) is 10.9. The lowest BCUT2D eigenvalue weighted by Crippen LogP contribution is -2.33. The van der Waals surface area contributed by atoms with Crippen LogP contribution in [0.1, 0.15) is 6.04 Å². The second-order valence-electron chi connectivity index (χ2n) is 4.74. The van der Waals surface area contributed by atoms with Crippen LogP contribution in [0.2, 0.25) is 0 Å². The second kappa shape index (κ2) is 5.44. The van der Waals surface area contributed by atoms with E-state index in [9.17, 15) is 14.3 Å². The summed E-state index contributed by atoms with van der Waals surface area (Å²) >= 11 is 0. The minimum absolute atomic E-state index is 0.166. The first-order valence-corrected chi connectivity index (χ1v) is 6.34. The fourth-order valence-electron chi connectivity index (χ4n) is 2.27. The third kappa shape index (κ3) is 2.82. The summed E-state index contributed by atoms with van der Waals surface area (Å²) in [7, 11) is 0. The third-order valence-corrected chi connectivity index (χ3v) is 3.28. The van der Waals surface area contributed by atoms with Crippen LogP contribution >= 0.6 is 0 Å². The van der Waals surface area contributed by atoms with Gasteiger partial charge >= 0.3 is 6.03 Å². The van der Waals surface area contributed by atoms with Gasteiger partial charge in [0.2, 0.25) is 0 Å². The average Bonchev–Trinajstić information content (AvgIpc) is 3.07. The Labute approximate surface area is 119 Å². The SMILES string of the molecule is O=C(Nc1cncc(F)c1)N1C[C@@H](O)[C@H](n2ccnn2)C1. The van der Waals surface area contributed by atoms with E-state index in [1.807, 2.05) is 0 Å². The summed E-state index contributed by atoms with van der Waals surface area (Å²) in [4.78, 5) is 17.2. The average molecular weight is 292 g/mol. The maximum atomic E-state index is 13.0. The first-order valence-electron chi connectivity index (χ1n) is 6.34. The van der Waals surface area contributed by atoms with Gasteiger partial charge in [0, 0.05) is 18.8 Å². The highest BCUT2D eigenvalue weighted by Gasteiger charge is 2.35. The number of aliphatic hydroxyl groups is 1. The van der Waals surface area contributed by atoms with Gasteiger partial charge in [0.25, 0.3) is 0 Å². The van der Waals surface area contributed by atoms with Crippen molar-refractivity contribution in [2.75, 3.05) is 18.4 Å². The fraction of sp³-hybridized carbons (Fsp3) is 0.333.